The van der Waals surface area contributed by atoms with E-state index in [1.807, 2.05) is 0 Å². The number of anilines is 2. The number of carbonyl (C=O) groups excluding carboxylic acids is 2. The molecule has 9 nitrogen and oxygen atoms in total. The van der Waals surface area contributed by atoms with E-state index in [0.717, 1.165) is 0 Å². The second-order valence-electron chi connectivity index (χ2n) is 5.32. The average molecular weight is 347 g/mol. The highest BCUT2D eigenvalue weighted by Gasteiger charge is 2.16. The highest BCUT2D eigenvalue weighted by atomic mass is 16.5. The summed E-state index contributed by atoms with van der Waals surface area (Å²) in [6.45, 7) is 7.21. The number of nitrogens with one attached hydrogen (secondary N) is 3. The first-order valence-corrected chi connectivity index (χ1v) is 7.81. The molecule has 3 N–H and O–H groups in total. The van der Waals surface area contributed by atoms with Crippen LogP contribution in [0.15, 0.2) is 22.7 Å². The molecule has 1 aromatic heterocycles. The lowest BCUT2D eigenvalue weighted by Gasteiger charge is -2.15. The highest BCUT2D eigenvalue weighted by molar-refractivity contribution is 5.93. The molecule has 0 aliphatic rings. The zero-order valence-corrected chi connectivity index (χ0v) is 14.5. The van der Waals surface area contributed by atoms with Crippen LogP contribution in [0, 0.1) is 13.8 Å². The Hall–Kier alpha value is -3.10. The van der Waals surface area contributed by atoms with Crippen LogP contribution in [-0.4, -0.2) is 28.9 Å². The van der Waals surface area contributed by atoms with Crippen LogP contribution in [0.25, 0.3) is 0 Å². The van der Waals surface area contributed by atoms with Gasteiger partial charge in [-0.2, -0.15) is 4.98 Å². The molecule has 0 spiro atoms. The topological polar surface area (TPSA) is 118 Å². The van der Waals surface area contributed by atoms with Crippen LogP contribution in [0.2, 0.25) is 0 Å². The quantitative estimate of drug-likeness (QED) is 0.764. The number of nitrogens with zero attached hydrogens (tertiary/aromatic N) is 2. The van der Waals surface area contributed by atoms with Crippen molar-refractivity contribution in [1.29, 1.82) is 0 Å². The Morgan fingerprint density at radius 3 is 2.52 bits per heavy atom. The normalized spacial score (nSPS) is 11.5. The maximum Gasteiger partial charge on any atom is 0.411 e. The van der Waals surface area contributed by atoms with Crippen LogP contribution in [0.3, 0.4) is 0 Å². The number of carbonyl (C=O) groups is 2. The van der Waals surface area contributed by atoms with Crippen molar-refractivity contribution in [2.24, 2.45) is 0 Å². The second kappa shape index (κ2) is 8.13. The highest BCUT2D eigenvalue weighted by Crippen LogP contribution is 2.23. The maximum atomic E-state index is 12.2. The Kier molecular flexibility index (Phi) is 5.93. The van der Waals surface area contributed by atoms with Gasteiger partial charge < -0.3 is 19.9 Å². The molecule has 1 heterocycles. The van der Waals surface area contributed by atoms with Crippen molar-refractivity contribution >= 4 is 23.5 Å². The van der Waals surface area contributed by atoms with Gasteiger partial charge in [-0.1, -0.05) is 11.2 Å². The average Bonchev–Trinajstić information content (AvgIpc) is 2.98. The van der Waals surface area contributed by atoms with Gasteiger partial charge in [-0.25, -0.2) is 9.59 Å². The van der Waals surface area contributed by atoms with Crippen LogP contribution in [0.4, 0.5) is 21.0 Å². The van der Waals surface area contributed by atoms with Crippen molar-refractivity contribution in [2.75, 3.05) is 17.2 Å². The lowest BCUT2D eigenvalue weighted by molar-refractivity contribution is 0.168. The van der Waals surface area contributed by atoms with Gasteiger partial charge in [-0.05, 0) is 45.4 Å². The number of aryl methyl sites for hydroxylation is 1. The minimum atomic E-state index is -0.549. The van der Waals surface area contributed by atoms with Crippen molar-refractivity contribution < 1.29 is 18.8 Å². The molecule has 0 fully saturated rings. The molecule has 0 unspecified atom stereocenters. The fourth-order valence-corrected chi connectivity index (χ4v) is 2.09. The minimum absolute atomic E-state index is 0.276. The Labute approximate surface area is 145 Å². The molecule has 134 valence electrons. The van der Waals surface area contributed by atoms with Crippen molar-refractivity contribution in [1.82, 2.24) is 15.5 Å². The fraction of sp³-hybridized carbons (Fsp3) is 0.375. The van der Waals surface area contributed by atoms with Crippen LogP contribution >= 0.6 is 0 Å². The first kappa shape index (κ1) is 18.2. The Morgan fingerprint density at radius 1 is 1.24 bits per heavy atom. The summed E-state index contributed by atoms with van der Waals surface area (Å²) in [5.41, 5.74) is 1.81. The number of hydrogen-bond acceptors (Lipinski definition) is 6. The predicted octanol–water partition coefficient (Wildman–Crippen LogP) is 3.14. The number of ether oxygens (including phenoxy) is 1. The van der Waals surface area contributed by atoms with Gasteiger partial charge in [0.1, 0.15) is 6.04 Å². The van der Waals surface area contributed by atoms with E-state index < -0.39 is 18.2 Å². The maximum absolute atomic E-state index is 12.2. The molecule has 0 radical (unpaired) electrons. The van der Waals surface area contributed by atoms with E-state index in [1.165, 1.54) is 0 Å². The zero-order valence-electron chi connectivity index (χ0n) is 14.5. The number of urea groups is 1. The van der Waals surface area contributed by atoms with Crippen LogP contribution in [0.5, 0.6) is 0 Å². The molecule has 0 aliphatic carbocycles. The third-order valence-electron chi connectivity index (χ3n) is 3.36. The van der Waals surface area contributed by atoms with E-state index in [4.69, 9.17) is 9.26 Å². The van der Waals surface area contributed by atoms with E-state index in [9.17, 15) is 9.59 Å². The fourth-order valence-electron chi connectivity index (χ4n) is 2.09. The summed E-state index contributed by atoms with van der Waals surface area (Å²) >= 11 is 0. The zero-order chi connectivity index (χ0) is 18.4. The SMILES string of the molecule is CCOC(=O)Nc1cccc(NC(=O)N[C@H](C)c2nc(C)no2)c1C. The summed E-state index contributed by atoms with van der Waals surface area (Å²) in [6.07, 6.45) is -0.549. The van der Waals surface area contributed by atoms with Gasteiger partial charge in [0, 0.05) is 11.4 Å². The van der Waals surface area contributed by atoms with Crippen molar-refractivity contribution in [3.8, 4) is 0 Å². The molecule has 9 heteroatoms. The van der Waals surface area contributed by atoms with Crippen molar-refractivity contribution in [3.63, 3.8) is 0 Å². The lowest BCUT2D eigenvalue weighted by atomic mass is 10.1. The summed E-state index contributed by atoms with van der Waals surface area (Å²) in [6, 6.07) is 4.29. The molecule has 1 aromatic carbocycles. The smallest absolute Gasteiger partial charge is 0.411 e. The minimum Gasteiger partial charge on any atom is -0.450 e. The summed E-state index contributed by atoms with van der Waals surface area (Å²) in [4.78, 5) is 27.8. The molecule has 0 bridgehead atoms. The predicted molar refractivity (Wildman–Crippen MR) is 91.4 cm³/mol. The van der Waals surface area contributed by atoms with Gasteiger partial charge in [0.05, 0.1) is 6.61 Å². The van der Waals surface area contributed by atoms with Crippen LogP contribution in [0.1, 0.15) is 37.2 Å². The molecule has 0 saturated heterocycles. The van der Waals surface area contributed by atoms with Gasteiger partial charge in [0.15, 0.2) is 5.82 Å². The summed E-state index contributed by atoms with van der Waals surface area (Å²) < 4.78 is 9.87. The van der Waals surface area contributed by atoms with Crippen molar-refractivity contribution in [3.05, 3.63) is 35.5 Å². The number of hydrogen-bond donors (Lipinski definition) is 3. The molecular weight excluding hydrogens is 326 g/mol. The number of benzene rings is 1. The number of rotatable bonds is 5. The monoisotopic (exact) mass is 347 g/mol. The molecule has 3 amide bonds. The lowest BCUT2D eigenvalue weighted by Crippen LogP contribution is -2.31. The third-order valence-corrected chi connectivity index (χ3v) is 3.36. The van der Waals surface area contributed by atoms with E-state index in [2.05, 4.69) is 26.1 Å². The Balaban J connectivity index is 2.01. The first-order chi connectivity index (χ1) is 11.9. The van der Waals surface area contributed by atoms with Crippen LogP contribution in [-0.2, 0) is 4.74 Å². The van der Waals surface area contributed by atoms with E-state index in [-0.39, 0.29) is 6.61 Å². The van der Waals surface area contributed by atoms with Gasteiger partial charge >= 0.3 is 12.1 Å². The van der Waals surface area contributed by atoms with Gasteiger partial charge in [0.25, 0.3) is 0 Å². The summed E-state index contributed by atoms with van der Waals surface area (Å²) in [5, 5.41) is 11.8. The number of amides is 3. The molecule has 0 aliphatic heterocycles. The molecule has 25 heavy (non-hydrogen) atoms. The van der Waals surface area contributed by atoms with E-state index in [1.54, 1.807) is 45.9 Å². The van der Waals surface area contributed by atoms with Gasteiger partial charge in [0.2, 0.25) is 5.89 Å². The van der Waals surface area contributed by atoms with E-state index in [0.29, 0.717) is 28.7 Å². The number of aromatic nitrogens is 2. The first-order valence-electron chi connectivity index (χ1n) is 7.81. The Morgan fingerprint density at radius 2 is 1.92 bits per heavy atom. The molecule has 1 atom stereocenters. The molecule has 2 rings (SSSR count). The standard InChI is InChI=1S/C16H21N5O4/c1-5-24-16(23)20-13-8-6-7-12(9(13)2)19-15(22)17-10(3)14-18-11(4)21-25-14/h6-8,10H,5H2,1-4H3,(H,20,23)(H2,17,19,22)/t10-/m1/s1. The van der Waals surface area contributed by atoms with Gasteiger partial charge in [-0.3, -0.25) is 5.32 Å². The Bertz CT molecular complexity index is 759. The van der Waals surface area contributed by atoms with Crippen molar-refractivity contribution in [2.45, 2.75) is 33.7 Å². The molecule has 2 aromatic rings. The van der Waals surface area contributed by atoms with E-state index >= 15 is 0 Å². The molecule has 0 saturated carbocycles. The third kappa shape index (κ3) is 4.93. The molecular formula is C16H21N5O4. The van der Waals surface area contributed by atoms with Gasteiger partial charge in [-0.15, -0.1) is 0 Å². The second-order valence-corrected chi connectivity index (χ2v) is 5.32. The largest absolute Gasteiger partial charge is 0.450 e. The van der Waals surface area contributed by atoms with Crippen LogP contribution < -0.4 is 16.0 Å². The summed E-state index contributed by atoms with van der Waals surface area (Å²) in [5.74, 6) is 0.819. The summed E-state index contributed by atoms with van der Waals surface area (Å²) in [7, 11) is 0.